The van der Waals surface area contributed by atoms with Gasteiger partial charge in [0.15, 0.2) is 4.21 Å². The van der Waals surface area contributed by atoms with E-state index in [1.807, 2.05) is 0 Å². The van der Waals surface area contributed by atoms with Gasteiger partial charge in [0.2, 0.25) is 0 Å². The van der Waals surface area contributed by atoms with Crippen molar-refractivity contribution >= 4 is 49.8 Å². The molecule has 220 valence electrons. The summed E-state index contributed by atoms with van der Waals surface area (Å²) in [6.07, 6.45) is 1.25. The quantitative estimate of drug-likeness (QED) is 0.193. The van der Waals surface area contributed by atoms with Gasteiger partial charge in [-0.25, -0.2) is 18.1 Å². The van der Waals surface area contributed by atoms with E-state index >= 15 is 0 Å². The fourth-order valence-corrected chi connectivity index (χ4v) is 8.29. The third kappa shape index (κ3) is 5.03. The van der Waals surface area contributed by atoms with Crippen LogP contribution in [-0.2, 0) is 10.0 Å². The Kier molecular flexibility index (Phi) is 7.47. The zero-order chi connectivity index (χ0) is 32.0. The van der Waals surface area contributed by atoms with Gasteiger partial charge in [-0.05, 0) is 61.0 Å². The first kappa shape index (κ1) is 29.7. The molecule has 0 spiro atoms. The first-order chi connectivity index (χ1) is 21.5. The third-order valence-electron chi connectivity index (χ3n) is 7.20. The summed E-state index contributed by atoms with van der Waals surface area (Å²) in [5, 5.41) is 30.4. The van der Waals surface area contributed by atoms with Crippen molar-refractivity contribution in [3.63, 3.8) is 0 Å². The van der Waals surface area contributed by atoms with Gasteiger partial charge in [-0.2, -0.15) is 18.9 Å². The van der Waals surface area contributed by atoms with Crippen molar-refractivity contribution < 1.29 is 22.7 Å². The summed E-state index contributed by atoms with van der Waals surface area (Å²) in [4.78, 5) is 15.6. The van der Waals surface area contributed by atoms with Crippen molar-refractivity contribution in [2.24, 2.45) is 0 Å². The summed E-state index contributed by atoms with van der Waals surface area (Å²) in [7, 11) is -4.37. The van der Waals surface area contributed by atoms with Crippen LogP contribution < -0.4 is 0 Å². The van der Waals surface area contributed by atoms with Gasteiger partial charge in [-0.15, -0.1) is 11.3 Å². The first-order valence-corrected chi connectivity index (χ1v) is 15.8. The van der Waals surface area contributed by atoms with Crippen LogP contribution in [0.4, 0.5) is 4.39 Å². The average molecular weight is 653 g/mol. The Morgan fingerprint density at radius 1 is 0.956 bits per heavy atom. The van der Waals surface area contributed by atoms with E-state index in [1.165, 1.54) is 42.6 Å². The van der Waals surface area contributed by atoms with E-state index in [2.05, 4.69) is 17.1 Å². The van der Waals surface area contributed by atoms with Crippen molar-refractivity contribution in [2.75, 3.05) is 0 Å². The molecule has 0 radical (unpaired) electrons. The minimum atomic E-state index is -4.37. The lowest BCUT2D eigenvalue weighted by Gasteiger charge is -2.15. The van der Waals surface area contributed by atoms with Crippen LogP contribution in [0, 0.1) is 35.4 Å². The molecule has 0 aliphatic rings. The number of carboxylic acids is 1. The SMILES string of the molecule is Cc1ncc(S(=O)(=O)n2c(-c3cccc(-c4ccc(C(=O)O)cc4Cl)c3)c(-c3c(C#N)cccc3C#N)c3cc(F)ccc32)s1. The molecule has 0 unspecified atom stereocenters. The molecule has 0 amide bonds. The molecule has 0 saturated carbocycles. The van der Waals surface area contributed by atoms with Crippen LogP contribution in [0.3, 0.4) is 0 Å². The van der Waals surface area contributed by atoms with Crippen LogP contribution in [-0.4, -0.2) is 28.5 Å². The number of carbonyl (C=O) groups is 1. The highest BCUT2D eigenvalue weighted by molar-refractivity contribution is 7.92. The number of nitriles is 2. The lowest BCUT2D eigenvalue weighted by molar-refractivity contribution is 0.0697. The summed E-state index contributed by atoms with van der Waals surface area (Å²) in [5.41, 5.74) is 2.06. The number of carboxylic acid groups (broad SMARTS) is 1. The maximum atomic E-state index is 14.9. The topological polar surface area (TPSA) is 137 Å². The van der Waals surface area contributed by atoms with E-state index in [0.29, 0.717) is 21.7 Å². The van der Waals surface area contributed by atoms with Gasteiger partial charge < -0.3 is 5.11 Å². The second-order valence-corrected chi connectivity index (χ2v) is 13.5. The fourth-order valence-electron chi connectivity index (χ4n) is 5.27. The number of aryl methyl sites for hydroxylation is 1. The summed E-state index contributed by atoms with van der Waals surface area (Å²) < 4.78 is 44.8. The second-order valence-electron chi connectivity index (χ2n) is 9.89. The molecule has 4 aromatic carbocycles. The molecule has 2 aromatic heterocycles. The molecule has 0 aliphatic heterocycles. The largest absolute Gasteiger partial charge is 0.478 e. The van der Waals surface area contributed by atoms with Crippen LogP contribution in [0.2, 0.25) is 5.02 Å². The zero-order valence-corrected chi connectivity index (χ0v) is 25.5. The van der Waals surface area contributed by atoms with Gasteiger partial charge in [0.25, 0.3) is 10.0 Å². The van der Waals surface area contributed by atoms with E-state index in [0.717, 1.165) is 21.4 Å². The fraction of sp³-hybridized carbons (Fsp3) is 0.0303. The highest BCUT2D eigenvalue weighted by atomic mass is 35.5. The Morgan fingerprint density at radius 2 is 1.64 bits per heavy atom. The van der Waals surface area contributed by atoms with E-state index in [4.69, 9.17) is 11.6 Å². The van der Waals surface area contributed by atoms with Gasteiger partial charge in [-0.3, -0.25) is 0 Å². The van der Waals surface area contributed by atoms with E-state index in [1.54, 1.807) is 43.3 Å². The smallest absolute Gasteiger partial charge is 0.335 e. The molecule has 0 atom stereocenters. The highest BCUT2D eigenvalue weighted by Crippen LogP contribution is 2.46. The van der Waals surface area contributed by atoms with Crippen LogP contribution >= 0.6 is 22.9 Å². The molecule has 0 saturated heterocycles. The summed E-state index contributed by atoms with van der Waals surface area (Å²) in [6.45, 7) is 1.67. The standard InChI is InChI=1S/C33H18ClFN4O4S2/c1-18-38-17-29(44-18)45(42,43)39-28-11-9-24(35)14-26(28)31(30-22(15-36)6-3-7-23(30)16-37)32(39)20-5-2-4-19(12-20)25-10-8-21(33(40)41)13-27(25)34/h2-14,17H,1H3,(H,40,41). The van der Waals surface area contributed by atoms with Gasteiger partial charge in [0.1, 0.15) is 5.82 Å². The highest BCUT2D eigenvalue weighted by Gasteiger charge is 2.32. The van der Waals surface area contributed by atoms with Gasteiger partial charge >= 0.3 is 5.97 Å². The summed E-state index contributed by atoms with van der Waals surface area (Å²) in [6, 6.07) is 23.4. The number of fused-ring (bicyclic) bond motifs is 1. The second kappa shape index (κ2) is 11.3. The normalized spacial score (nSPS) is 11.3. The molecule has 8 nitrogen and oxygen atoms in total. The van der Waals surface area contributed by atoms with Crippen molar-refractivity contribution in [3.05, 3.63) is 118 Å². The average Bonchev–Trinajstić information content (AvgIpc) is 3.62. The van der Waals surface area contributed by atoms with E-state index in [9.17, 15) is 33.2 Å². The Labute approximate surface area is 265 Å². The lowest BCUT2D eigenvalue weighted by atomic mass is 9.90. The Morgan fingerprint density at radius 3 is 2.27 bits per heavy atom. The summed E-state index contributed by atoms with van der Waals surface area (Å²) in [5.74, 6) is -1.79. The maximum Gasteiger partial charge on any atom is 0.335 e. The molecular formula is C33H18ClFN4O4S2. The van der Waals surface area contributed by atoms with Gasteiger partial charge in [0, 0.05) is 32.7 Å². The minimum Gasteiger partial charge on any atom is -0.478 e. The zero-order valence-electron chi connectivity index (χ0n) is 23.1. The predicted octanol–water partition coefficient (Wildman–Crippen LogP) is 7.88. The number of benzene rings is 4. The monoisotopic (exact) mass is 652 g/mol. The number of hydrogen-bond acceptors (Lipinski definition) is 7. The Bertz CT molecular complexity index is 2370. The molecular weight excluding hydrogens is 635 g/mol. The predicted molar refractivity (Wildman–Crippen MR) is 169 cm³/mol. The maximum absolute atomic E-state index is 14.9. The summed E-state index contributed by atoms with van der Waals surface area (Å²) >= 11 is 7.46. The number of hydrogen-bond donors (Lipinski definition) is 1. The van der Waals surface area contributed by atoms with Crippen molar-refractivity contribution in [1.29, 1.82) is 10.5 Å². The number of aromatic nitrogens is 2. The Balaban J connectivity index is 1.78. The number of nitrogens with zero attached hydrogens (tertiary/aromatic N) is 4. The molecule has 6 aromatic rings. The molecule has 0 aliphatic carbocycles. The molecule has 2 heterocycles. The van der Waals surface area contributed by atoms with Gasteiger partial charge in [0.05, 0.1) is 51.2 Å². The third-order valence-corrected chi connectivity index (χ3v) is 10.6. The molecule has 12 heteroatoms. The van der Waals surface area contributed by atoms with Crippen LogP contribution in [0.5, 0.6) is 0 Å². The number of halogens is 2. The van der Waals surface area contributed by atoms with Crippen LogP contribution in [0.1, 0.15) is 26.5 Å². The van der Waals surface area contributed by atoms with Crippen molar-refractivity contribution in [1.82, 2.24) is 8.96 Å². The first-order valence-electron chi connectivity index (χ1n) is 13.1. The van der Waals surface area contributed by atoms with Crippen LogP contribution in [0.15, 0.2) is 89.3 Å². The molecule has 0 bridgehead atoms. The van der Waals surface area contributed by atoms with E-state index in [-0.39, 0.29) is 53.6 Å². The number of thiazole rings is 1. The van der Waals surface area contributed by atoms with Crippen molar-refractivity contribution in [3.8, 4) is 45.6 Å². The minimum absolute atomic E-state index is 0.00701. The molecule has 45 heavy (non-hydrogen) atoms. The number of rotatable bonds is 6. The Hall–Kier alpha value is -5.33. The van der Waals surface area contributed by atoms with Gasteiger partial charge in [-0.1, -0.05) is 41.9 Å². The molecule has 6 rings (SSSR count). The molecule has 0 fully saturated rings. The van der Waals surface area contributed by atoms with Crippen LogP contribution in [0.25, 0.3) is 44.4 Å². The van der Waals surface area contributed by atoms with E-state index < -0.39 is 21.8 Å². The number of aromatic carboxylic acids is 1. The molecule has 1 N–H and O–H groups in total. The van der Waals surface area contributed by atoms with Crippen molar-refractivity contribution in [2.45, 2.75) is 11.1 Å². The lowest BCUT2D eigenvalue weighted by Crippen LogP contribution is -2.13.